The zero-order valence-corrected chi connectivity index (χ0v) is 11.1. The maximum absolute atomic E-state index is 11.8. The number of hydrogen-bond donors (Lipinski definition) is 0. The molecule has 0 N–H and O–H groups in total. The van der Waals surface area contributed by atoms with Crippen LogP contribution in [-0.4, -0.2) is 18.7 Å². The molecule has 3 nitrogen and oxygen atoms in total. The van der Waals surface area contributed by atoms with E-state index in [0.29, 0.717) is 30.8 Å². The standard InChI is InChI=1S/C17H16O3/c18-13-14-8-10-16(11-9-14)20-12-4-7-17(19)15-5-2-1-3-6-15/h1-3,5-6,8-11,13H,4,7,12H2. The van der Waals surface area contributed by atoms with Crippen molar-refractivity contribution in [3.05, 3.63) is 65.7 Å². The minimum Gasteiger partial charge on any atom is -0.494 e. The van der Waals surface area contributed by atoms with Crippen LogP contribution < -0.4 is 4.74 Å². The molecular weight excluding hydrogens is 252 g/mol. The third-order valence-electron chi connectivity index (χ3n) is 2.93. The van der Waals surface area contributed by atoms with Gasteiger partial charge in [-0.1, -0.05) is 30.3 Å². The highest BCUT2D eigenvalue weighted by molar-refractivity contribution is 5.95. The quantitative estimate of drug-likeness (QED) is 0.438. The van der Waals surface area contributed by atoms with Crippen molar-refractivity contribution in [3.63, 3.8) is 0 Å². The number of aldehydes is 1. The zero-order chi connectivity index (χ0) is 14.2. The Morgan fingerprint density at radius 1 is 1.00 bits per heavy atom. The van der Waals surface area contributed by atoms with Crippen LogP contribution >= 0.6 is 0 Å². The maximum atomic E-state index is 11.8. The van der Waals surface area contributed by atoms with Gasteiger partial charge in [-0.15, -0.1) is 0 Å². The monoisotopic (exact) mass is 268 g/mol. The lowest BCUT2D eigenvalue weighted by Crippen LogP contribution is -2.03. The number of Topliss-reactive ketones (excluding diaryl/α,β-unsaturated/α-hetero) is 1. The Hall–Kier alpha value is -2.42. The summed E-state index contributed by atoms with van der Waals surface area (Å²) < 4.78 is 5.52. The van der Waals surface area contributed by atoms with Crippen LogP contribution in [0, 0.1) is 0 Å². The van der Waals surface area contributed by atoms with Gasteiger partial charge in [0.05, 0.1) is 6.61 Å². The zero-order valence-electron chi connectivity index (χ0n) is 11.1. The van der Waals surface area contributed by atoms with Gasteiger partial charge in [-0.3, -0.25) is 9.59 Å². The van der Waals surface area contributed by atoms with Gasteiger partial charge in [0.25, 0.3) is 0 Å². The fourth-order valence-electron chi connectivity index (χ4n) is 1.83. The van der Waals surface area contributed by atoms with Gasteiger partial charge in [-0.2, -0.15) is 0 Å². The number of ketones is 1. The van der Waals surface area contributed by atoms with Crippen LogP contribution in [0.25, 0.3) is 0 Å². The predicted octanol–water partition coefficient (Wildman–Crippen LogP) is 3.54. The van der Waals surface area contributed by atoms with Crippen LogP contribution in [0.3, 0.4) is 0 Å². The van der Waals surface area contributed by atoms with Gasteiger partial charge in [0.1, 0.15) is 12.0 Å². The van der Waals surface area contributed by atoms with Gasteiger partial charge in [0.15, 0.2) is 5.78 Å². The van der Waals surface area contributed by atoms with E-state index in [9.17, 15) is 9.59 Å². The van der Waals surface area contributed by atoms with Gasteiger partial charge in [-0.25, -0.2) is 0 Å². The number of carbonyl (C=O) groups excluding carboxylic acids is 2. The van der Waals surface area contributed by atoms with Crippen molar-refractivity contribution in [3.8, 4) is 5.75 Å². The molecule has 0 saturated carbocycles. The van der Waals surface area contributed by atoms with E-state index in [4.69, 9.17) is 4.74 Å². The molecule has 0 aromatic heterocycles. The molecule has 0 amide bonds. The van der Waals surface area contributed by atoms with Gasteiger partial charge in [-0.05, 0) is 30.7 Å². The Balaban J connectivity index is 1.73. The third-order valence-corrected chi connectivity index (χ3v) is 2.93. The SMILES string of the molecule is O=Cc1ccc(OCCCC(=O)c2ccccc2)cc1. The van der Waals surface area contributed by atoms with E-state index < -0.39 is 0 Å². The fraction of sp³-hybridized carbons (Fsp3) is 0.176. The summed E-state index contributed by atoms with van der Waals surface area (Å²) in [6, 6.07) is 16.2. The third kappa shape index (κ3) is 4.05. The Morgan fingerprint density at radius 2 is 1.70 bits per heavy atom. The van der Waals surface area contributed by atoms with Crippen LogP contribution in [0.2, 0.25) is 0 Å². The topological polar surface area (TPSA) is 43.4 Å². The lowest BCUT2D eigenvalue weighted by Gasteiger charge is -2.06. The van der Waals surface area contributed by atoms with E-state index in [0.717, 1.165) is 11.8 Å². The molecule has 0 aliphatic heterocycles. The Labute approximate surface area is 118 Å². The smallest absolute Gasteiger partial charge is 0.163 e. The lowest BCUT2D eigenvalue weighted by atomic mass is 10.1. The molecule has 0 aliphatic carbocycles. The van der Waals surface area contributed by atoms with Crippen molar-refractivity contribution in [2.24, 2.45) is 0 Å². The average molecular weight is 268 g/mol. The first-order chi connectivity index (χ1) is 9.79. The molecule has 2 aromatic carbocycles. The van der Waals surface area contributed by atoms with Crippen LogP contribution in [0.15, 0.2) is 54.6 Å². The van der Waals surface area contributed by atoms with Crippen molar-refractivity contribution >= 4 is 12.1 Å². The fourth-order valence-corrected chi connectivity index (χ4v) is 1.83. The lowest BCUT2D eigenvalue weighted by molar-refractivity contribution is 0.0973. The van der Waals surface area contributed by atoms with Crippen LogP contribution in [0.1, 0.15) is 33.6 Å². The minimum absolute atomic E-state index is 0.130. The number of benzene rings is 2. The highest BCUT2D eigenvalue weighted by Crippen LogP contribution is 2.12. The summed E-state index contributed by atoms with van der Waals surface area (Å²) in [6.07, 6.45) is 1.93. The number of carbonyl (C=O) groups is 2. The Kier molecular flexibility index (Phi) is 5.07. The van der Waals surface area contributed by atoms with E-state index in [1.54, 1.807) is 24.3 Å². The van der Waals surface area contributed by atoms with Crippen molar-refractivity contribution in [1.29, 1.82) is 0 Å². The summed E-state index contributed by atoms with van der Waals surface area (Å²) in [7, 11) is 0. The molecule has 3 heteroatoms. The molecule has 0 atom stereocenters. The van der Waals surface area contributed by atoms with Crippen LogP contribution in [0.4, 0.5) is 0 Å². The molecule has 0 bridgehead atoms. The molecule has 0 spiro atoms. The van der Waals surface area contributed by atoms with Gasteiger partial charge in [0.2, 0.25) is 0 Å². The van der Waals surface area contributed by atoms with E-state index in [-0.39, 0.29) is 5.78 Å². The molecule has 0 radical (unpaired) electrons. The maximum Gasteiger partial charge on any atom is 0.163 e. The molecule has 2 rings (SSSR count). The molecule has 0 unspecified atom stereocenters. The summed E-state index contributed by atoms with van der Waals surface area (Å²) in [5.74, 6) is 0.841. The summed E-state index contributed by atoms with van der Waals surface area (Å²) in [6.45, 7) is 0.485. The summed E-state index contributed by atoms with van der Waals surface area (Å²) in [4.78, 5) is 22.4. The molecule has 102 valence electrons. The van der Waals surface area contributed by atoms with E-state index in [2.05, 4.69) is 0 Å². The van der Waals surface area contributed by atoms with E-state index in [1.807, 2.05) is 30.3 Å². The first-order valence-electron chi connectivity index (χ1n) is 6.56. The second kappa shape index (κ2) is 7.24. The Morgan fingerprint density at radius 3 is 2.35 bits per heavy atom. The van der Waals surface area contributed by atoms with Gasteiger partial charge in [0, 0.05) is 17.5 Å². The van der Waals surface area contributed by atoms with Gasteiger partial charge < -0.3 is 4.74 Å². The first kappa shape index (κ1) is 14.0. The Bertz CT molecular complexity index is 559. The van der Waals surface area contributed by atoms with Gasteiger partial charge >= 0.3 is 0 Å². The highest BCUT2D eigenvalue weighted by atomic mass is 16.5. The van der Waals surface area contributed by atoms with Crippen molar-refractivity contribution < 1.29 is 14.3 Å². The second-order valence-corrected chi connectivity index (χ2v) is 4.43. The summed E-state index contributed by atoms with van der Waals surface area (Å²) in [5.41, 5.74) is 1.36. The van der Waals surface area contributed by atoms with E-state index in [1.165, 1.54) is 0 Å². The summed E-state index contributed by atoms with van der Waals surface area (Å²) >= 11 is 0. The number of rotatable bonds is 7. The van der Waals surface area contributed by atoms with Crippen molar-refractivity contribution in [1.82, 2.24) is 0 Å². The molecule has 2 aromatic rings. The average Bonchev–Trinajstić information content (AvgIpc) is 2.53. The van der Waals surface area contributed by atoms with E-state index >= 15 is 0 Å². The molecule has 0 heterocycles. The van der Waals surface area contributed by atoms with Crippen LogP contribution in [-0.2, 0) is 0 Å². The van der Waals surface area contributed by atoms with Crippen molar-refractivity contribution in [2.45, 2.75) is 12.8 Å². The minimum atomic E-state index is 0.130. The largest absolute Gasteiger partial charge is 0.494 e. The number of ether oxygens (including phenoxy) is 1. The second-order valence-electron chi connectivity index (χ2n) is 4.43. The molecule has 0 aliphatic rings. The molecule has 20 heavy (non-hydrogen) atoms. The molecule has 0 saturated heterocycles. The first-order valence-corrected chi connectivity index (χ1v) is 6.56. The highest BCUT2D eigenvalue weighted by Gasteiger charge is 2.04. The normalized spacial score (nSPS) is 10.0. The number of hydrogen-bond acceptors (Lipinski definition) is 3. The molecular formula is C17H16O3. The van der Waals surface area contributed by atoms with Crippen molar-refractivity contribution in [2.75, 3.05) is 6.61 Å². The predicted molar refractivity (Wildman–Crippen MR) is 77.3 cm³/mol. The molecule has 0 fully saturated rings. The van der Waals surface area contributed by atoms with Crippen LogP contribution in [0.5, 0.6) is 5.75 Å². The summed E-state index contributed by atoms with van der Waals surface area (Å²) in [5, 5.41) is 0.